The van der Waals surface area contributed by atoms with Crippen LogP contribution in [0.4, 0.5) is 5.69 Å². The molecule has 4 rings (SSSR count). The number of hydrogen-bond acceptors (Lipinski definition) is 5. The van der Waals surface area contributed by atoms with Gasteiger partial charge in [-0.1, -0.05) is 23.9 Å². The van der Waals surface area contributed by atoms with E-state index in [1.165, 1.54) is 18.1 Å². The number of hydrogen-bond donors (Lipinski definition) is 1. The molecule has 1 heterocycles. The molecule has 0 saturated heterocycles. The number of rotatable bonds is 9. The lowest BCUT2D eigenvalue weighted by Gasteiger charge is -2.12. The molecule has 0 bridgehead atoms. The molecule has 1 aliphatic carbocycles. The number of carbonyl (C=O) groups excluding carboxylic acids is 1. The molecule has 1 aliphatic rings. The lowest BCUT2D eigenvalue weighted by molar-refractivity contribution is -0.114. The molecule has 1 aromatic heterocycles. The maximum absolute atomic E-state index is 11.4. The lowest BCUT2D eigenvalue weighted by Crippen LogP contribution is -2.07. The quantitative estimate of drug-likeness (QED) is 0.365. The van der Waals surface area contributed by atoms with Crippen LogP contribution in [0.3, 0.4) is 0 Å². The van der Waals surface area contributed by atoms with Crippen LogP contribution in [0, 0.1) is 13.8 Å². The van der Waals surface area contributed by atoms with Crippen LogP contribution in [0.2, 0.25) is 0 Å². The van der Waals surface area contributed by atoms with Gasteiger partial charge in [-0.15, -0.1) is 10.2 Å². The number of benzene rings is 2. The van der Waals surface area contributed by atoms with Gasteiger partial charge in [0.15, 0.2) is 5.16 Å². The molecule has 0 radical (unpaired) electrons. The van der Waals surface area contributed by atoms with Gasteiger partial charge in [0.1, 0.15) is 11.6 Å². The third-order valence-corrected chi connectivity index (χ3v) is 6.02. The van der Waals surface area contributed by atoms with Gasteiger partial charge >= 0.3 is 0 Å². The van der Waals surface area contributed by atoms with Crippen LogP contribution in [0.15, 0.2) is 47.6 Å². The summed E-state index contributed by atoms with van der Waals surface area (Å²) in [6.07, 6.45) is 3.21. The molecule has 2 aromatic carbocycles. The fourth-order valence-electron chi connectivity index (χ4n) is 3.58. The van der Waals surface area contributed by atoms with Crippen LogP contribution in [0.1, 0.15) is 49.1 Å². The van der Waals surface area contributed by atoms with Crippen molar-refractivity contribution in [2.45, 2.75) is 51.1 Å². The average molecular weight is 437 g/mol. The molecule has 1 N–H and O–H groups in total. The molecule has 1 amide bonds. The Morgan fingerprint density at radius 2 is 1.94 bits per heavy atom. The van der Waals surface area contributed by atoms with Crippen LogP contribution in [-0.2, 0) is 4.79 Å². The SMILES string of the molecule is CC(=O)Nc1cccc(-n2c(SCCCOc3cc(C)cc(C)c3)nnc2C2CC2)c1. The first-order valence-corrected chi connectivity index (χ1v) is 11.7. The normalized spacial score (nSPS) is 13.3. The van der Waals surface area contributed by atoms with Crippen LogP contribution < -0.4 is 10.1 Å². The maximum Gasteiger partial charge on any atom is 0.221 e. The zero-order valence-electron chi connectivity index (χ0n) is 18.2. The number of nitrogens with one attached hydrogen (secondary N) is 1. The van der Waals surface area contributed by atoms with Crippen molar-refractivity contribution in [3.8, 4) is 11.4 Å². The second-order valence-corrected chi connectivity index (χ2v) is 9.12. The zero-order valence-corrected chi connectivity index (χ0v) is 19.0. The van der Waals surface area contributed by atoms with Gasteiger partial charge in [0.2, 0.25) is 5.91 Å². The molecule has 7 heteroatoms. The van der Waals surface area contributed by atoms with Gasteiger partial charge < -0.3 is 10.1 Å². The number of aryl methyl sites for hydroxylation is 2. The number of amides is 1. The molecule has 1 fully saturated rings. The summed E-state index contributed by atoms with van der Waals surface area (Å²) < 4.78 is 8.07. The number of carbonyl (C=O) groups is 1. The van der Waals surface area contributed by atoms with Gasteiger partial charge in [-0.25, -0.2) is 0 Å². The standard InChI is InChI=1S/C24H28N4O2S/c1-16-12-17(2)14-22(13-16)30-10-5-11-31-24-27-26-23(19-8-9-19)28(24)21-7-4-6-20(15-21)25-18(3)29/h4,6-7,12-15,19H,5,8-11H2,1-3H3,(H,25,29). The van der Waals surface area contributed by atoms with E-state index in [0.29, 0.717) is 12.5 Å². The second-order valence-electron chi connectivity index (χ2n) is 8.06. The van der Waals surface area contributed by atoms with Crippen molar-refractivity contribution in [1.29, 1.82) is 0 Å². The molecule has 3 aromatic rings. The molecule has 6 nitrogen and oxygen atoms in total. The van der Waals surface area contributed by atoms with Gasteiger partial charge in [0.05, 0.1) is 12.3 Å². The Balaban J connectivity index is 1.41. The highest BCUT2D eigenvalue weighted by molar-refractivity contribution is 7.99. The Kier molecular flexibility index (Phi) is 6.61. The molecule has 1 saturated carbocycles. The second kappa shape index (κ2) is 9.56. The maximum atomic E-state index is 11.4. The summed E-state index contributed by atoms with van der Waals surface area (Å²) in [6.45, 7) is 6.35. The number of aromatic nitrogens is 3. The van der Waals surface area contributed by atoms with Gasteiger partial charge in [-0.3, -0.25) is 9.36 Å². The fraction of sp³-hybridized carbons (Fsp3) is 0.375. The predicted molar refractivity (Wildman–Crippen MR) is 124 cm³/mol. The van der Waals surface area contributed by atoms with Crippen molar-refractivity contribution < 1.29 is 9.53 Å². The van der Waals surface area contributed by atoms with E-state index in [2.05, 4.69) is 52.1 Å². The van der Waals surface area contributed by atoms with Crippen molar-refractivity contribution in [3.05, 3.63) is 59.4 Å². The van der Waals surface area contributed by atoms with Gasteiger partial charge in [-0.05, 0) is 74.6 Å². The van der Waals surface area contributed by atoms with Gasteiger partial charge in [-0.2, -0.15) is 0 Å². The highest BCUT2D eigenvalue weighted by Gasteiger charge is 2.31. The molecular weight excluding hydrogens is 408 g/mol. The van der Waals surface area contributed by atoms with E-state index in [1.54, 1.807) is 11.8 Å². The van der Waals surface area contributed by atoms with E-state index < -0.39 is 0 Å². The Labute approximate surface area is 187 Å². The largest absolute Gasteiger partial charge is 0.494 e. The van der Waals surface area contributed by atoms with Crippen molar-refractivity contribution >= 4 is 23.4 Å². The Morgan fingerprint density at radius 1 is 1.16 bits per heavy atom. The number of thioether (sulfide) groups is 1. The minimum Gasteiger partial charge on any atom is -0.494 e. The first kappa shape index (κ1) is 21.4. The van der Waals surface area contributed by atoms with E-state index >= 15 is 0 Å². The first-order valence-electron chi connectivity index (χ1n) is 10.7. The predicted octanol–water partition coefficient (Wildman–Crippen LogP) is 5.28. The minimum absolute atomic E-state index is 0.0817. The summed E-state index contributed by atoms with van der Waals surface area (Å²) in [4.78, 5) is 11.4. The Morgan fingerprint density at radius 3 is 2.65 bits per heavy atom. The van der Waals surface area contributed by atoms with Crippen molar-refractivity contribution in [2.24, 2.45) is 0 Å². The number of ether oxygens (including phenoxy) is 1. The van der Waals surface area contributed by atoms with Gasteiger partial charge in [0, 0.05) is 24.3 Å². The van der Waals surface area contributed by atoms with Crippen molar-refractivity contribution in [2.75, 3.05) is 17.7 Å². The fourth-order valence-corrected chi connectivity index (χ4v) is 4.45. The van der Waals surface area contributed by atoms with E-state index in [-0.39, 0.29) is 5.91 Å². The zero-order chi connectivity index (χ0) is 21.8. The third kappa shape index (κ3) is 5.67. The third-order valence-electron chi connectivity index (χ3n) is 5.01. The molecule has 162 valence electrons. The van der Waals surface area contributed by atoms with E-state index in [9.17, 15) is 4.79 Å². The summed E-state index contributed by atoms with van der Waals surface area (Å²) in [6, 6.07) is 14.1. The Hall–Kier alpha value is -2.80. The van der Waals surface area contributed by atoms with Gasteiger partial charge in [0.25, 0.3) is 0 Å². The van der Waals surface area contributed by atoms with Crippen molar-refractivity contribution in [3.63, 3.8) is 0 Å². The monoisotopic (exact) mass is 436 g/mol. The van der Waals surface area contributed by atoms with E-state index in [0.717, 1.165) is 53.1 Å². The summed E-state index contributed by atoms with van der Waals surface area (Å²) in [7, 11) is 0. The summed E-state index contributed by atoms with van der Waals surface area (Å²) in [5.74, 6) is 3.21. The smallest absolute Gasteiger partial charge is 0.221 e. The number of nitrogens with zero attached hydrogens (tertiary/aromatic N) is 3. The number of anilines is 1. The Bertz CT molecular complexity index is 1050. The summed E-state index contributed by atoms with van der Waals surface area (Å²) in [5, 5.41) is 12.7. The highest BCUT2D eigenvalue weighted by Crippen LogP contribution is 2.41. The van der Waals surface area contributed by atoms with E-state index in [1.807, 2.05) is 24.3 Å². The summed E-state index contributed by atoms with van der Waals surface area (Å²) in [5.41, 5.74) is 4.18. The topological polar surface area (TPSA) is 69.0 Å². The molecule has 0 spiro atoms. The van der Waals surface area contributed by atoms with Crippen LogP contribution >= 0.6 is 11.8 Å². The minimum atomic E-state index is -0.0817. The molecule has 0 unspecified atom stereocenters. The molecule has 31 heavy (non-hydrogen) atoms. The summed E-state index contributed by atoms with van der Waals surface area (Å²) >= 11 is 1.69. The average Bonchev–Trinajstić information content (AvgIpc) is 3.46. The molecule has 0 aliphatic heterocycles. The van der Waals surface area contributed by atoms with Crippen molar-refractivity contribution in [1.82, 2.24) is 14.8 Å². The van der Waals surface area contributed by atoms with E-state index in [4.69, 9.17) is 4.74 Å². The first-order chi connectivity index (χ1) is 15.0. The van der Waals surface area contributed by atoms with Crippen LogP contribution in [0.5, 0.6) is 5.75 Å². The lowest BCUT2D eigenvalue weighted by atomic mass is 10.1. The molecule has 0 atom stereocenters. The van der Waals surface area contributed by atoms with Crippen LogP contribution in [-0.4, -0.2) is 33.0 Å². The highest BCUT2D eigenvalue weighted by atomic mass is 32.2. The van der Waals surface area contributed by atoms with Crippen LogP contribution in [0.25, 0.3) is 5.69 Å². The molecular formula is C24H28N4O2S.